The first-order chi connectivity index (χ1) is 15.5. The van der Waals surface area contributed by atoms with E-state index in [2.05, 4.69) is 10.5 Å². The summed E-state index contributed by atoms with van der Waals surface area (Å²) in [5, 5.41) is 5.77. The van der Waals surface area contributed by atoms with E-state index in [1.165, 1.54) is 31.4 Å². The first-order valence-electron chi connectivity index (χ1n) is 10.5. The molecule has 33 heavy (non-hydrogen) atoms. The van der Waals surface area contributed by atoms with Gasteiger partial charge in [0.1, 0.15) is 12.4 Å². The van der Waals surface area contributed by atoms with Gasteiger partial charge in [0.15, 0.2) is 0 Å². The van der Waals surface area contributed by atoms with Crippen molar-refractivity contribution in [2.45, 2.75) is 44.1 Å². The summed E-state index contributed by atoms with van der Waals surface area (Å²) in [6.45, 7) is 1.59. The van der Waals surface area contributed by atoms with E-state index in [4.69, 9.17) is 0 Å². The van der Waals surface area contributed by atoms with Crippen LogP contribution in [0, 0.1) is 22.6 Å². The Morgan fingerprint density at radius 1 is 0.879 bits per heavy atom. The van der Waals surface area contributed by atoms with Crippen LogP contribution < -0.4 is 5.32 Å². The number of nitroso groups, excluding NO2 is 1. The van der Waals surface area contributed by atoms with E-state index in [9.17, 15) is 35.6 Å². The van der Waals surface area contributed by atoms with E-state index >= 15 is 0 Å². The summed E-state index contributed by atoms with van der Waals surface area (Å²) in [6, 6.07) is 8.08. The summed E-state index contributed by atoms with van der Waals surface area (Å²) in [6.07, 6.45) is -5.84. The molecule has 4 rings (SSSR count). The molecule has 1 N–H and O–H groups in total. The lowest BCUT2D eigenvalue weighted by Crippen LogP contribution is -2.25. The zero-order chi connectivity index (χ0) is 24.2. The monoisotopic (exact) mass is 476 g/mol. The molecule has 10 heteroatoms. The standard InChI is InChI=1S/C14H18FN.C9H5F6NO/c15-12-6-4-10(5-7-12)13-3-1-2-11-8-16-9-14(11)13;10-8(11,12)6-1-5(4-16-17)2-7(3-6)9(13,14)15/h4-7,11,13-14,16H,1-3,8-9H2;1-3H,4H2/t11?,13?,14-;/m1./s1. The Hall–Kier alpha value is -2.49. The van der Waals surface area contributed by atoms with Crippen molar-refractivity contribution >= 4 is 0 Å². The molecule has 0 radical (unpaired) electrons. The third kappa shape index (κ3) is 6.52. The Labute approximate surface area is 186 Å². The zero-order valence-electron chi connectivity index (χ0n) is 17.5. The van der Waals surface area contributed by atoms with Crippen molar-refractivity contribution < 1.29 is 30.7 Å². The molecule has 2 aliphatic rings. The van der Waals surface area contributed by atoms with Crippen molar-refractivity contribution in [2.75, 3.05) is 13.1 Å². The van der Waals surface area contributed by atoms with Gasteiger partial charge in [0.05, 0.1) is 11.1 Å². The van der Waals surface area contributed by atoms with Gasteiger partial charge < -0.3 is 5.32 Å². The Bertz CT molecular complexity index is 909. The molecular weight excluding hydrogens is 453 g/mol. The molecule has 2 unspecified atom stereocenters. The number of fused-ring (bicyclic) bond motifs is 1. The molecular formula is C23H23F7N2O. The van der Waals surface area contributed by atoms with Crippen LogP contribution in [0.1, 0.15) is 47.4 Å². The van der Waals surface area contributed by atoms with Crippen LogP contribution in [0.25, 0.3) is 0 Å². The molecule has 0 spiro atoms. The topological polar surface area (TPSA) is 41.5 Å². The van der Waals surface area contributed by atoms with E-state index < -0.39 is 35.6 Å². The molecule has 1 heterocycles. The summed E-state index contributed by atoms with van der Waals surface area (Å²) in [5.74, 6) is 2.15. The fraction of sp³-hybridized carbons (Fsp3) is 0.478. The van der Waals surface area contributed by atoms with Gasteiger partial charge in [-0.3, -0.25) is 0 Å². The van der Waals surface area contributed by atoms with Crippen LogP contribution in [-0.2, 0) is 18.9 Å². The predicted octanol–water partition coefficient (Wildman–Crippen LogP) is 6.92. The number of nitrogens with zero attached hydrogens (tertiary/aromatic N) is 1. The number of halogens is 7. The van der Waals surface area contributed by atoms with E-state index in [1.807, 2.05) is 12.1 Å². The van der Waals surface area contributed by atoms with Crippen molar-refractivity contribution in [1.82, 2.24) is 5.32 Å². The smallest absolute Gasteiger partial charge is 0.316 e. The zero-order valence-corrected chi connectivity index (χ0v) is 17.5. The lowest BCUT2D eigenvalue weighted by Gasteiger charge is -2.33. The second-order valence-electron chi connectivity index (χ2n) is 8.37. The quantitative estimate of drug-likeness (QED) is 0.386. The van der Waals surface area contributed by atoms with Gasteiger partial charge in [-0.1, -0.05) is 23.7 Å². The lowest BCUT2D eigenvalue weighted by atomic mass is 9.71. The first-order valence-corrected chi connectivity index (χ1v) is 10.5. The van der Waals surface area contributed by atoms with Gasteiger partial charge in [-0.25, -0.2) is 4.39 Å². The highest BCUT2D eigenvalue weighted by Crippen LogP contribution is 2.43. The highest BCUT2D eigenvalue weighted by atomic mass is 19.4. The molecule has 1 aliphatic heterocycles. The first kappa shape index (κ1) is 25.1. The number of hydrogen-bond acceptors (Lipinski definition) is 3. The SMILES string of the molecule is Fc1ccc(C2CCCC3CNC[C@H]32)cc1.O=NCc1cc(C(F)(F)F)cc(C(F)(F)F)c1. The molecule has 1 saturated heterocycles. The molecule has 2 fully saturated rings. The van der Waals surface area contributed by atoms with Crippen molar-refractivity contribution in [3.05, 3.63) is 75.4 Å². The van der Waals surface area contributed by atoms with Crippen LogP contribution in [-0.4, -0.2) is 13.1 Å². The third-order valence-corrected chi connectivity index (χ3v) is 6.19. The maximum absolute atomic E-state index is 12.9. The largest absolute Gasteiger partial charge is 0.416 e. The number of benzene rings is 2. The summed E-state index contributed by atoms with van der Waals surface area (Å²) in [7, 11) is 0. The average molecular weight is 476 g/mol. The van der Waals surface area contributed by atoms with Crippen molar-refractivity contribution in [3.63, 3.8) is 0 Å². The number of nitrogens with one attached hydrogen (secondary N) is 1. The average Bonchev–Trinajstić information content (AvgIpc) is 3.23. The Morgan fingerprint density at radius 2 is 1.48 bits per heavy atom. The van der Waals surface area contributed by atoms with Crippen molar-refractivity contribution in [1.29, 1.82) is 0 Å². The number of alkyl halides is 6. The van der Waals surface area contributed by atoms with Gasteiger partial charge in [0.25, 0.3) is 0 Å². The van der Waals surface area contributed by atoms with Gasteiger partial charge in [-0.2, -0.15) is 31.2 Å². The van der Waals surface area contributed by atoms with Crippen LogP contribution in [0.2, 0.25) is 0 Å². The Balaban J connectivity index is 0.000000186. The van der Waals surface area contributed by atoms with Crippen LogP contribution in [0.3, 0.4) is 0 Å². The molecule has 3 nitrogen and oxygen atoms in total. The van der Waals surface area contributed by atoms with E-state index in [-0.39, 0.29) is 11.9 Å². The summed E-state index contributed by atoms with van der Waals surface area (Å²) >= 11 is 0. The van der Waals surface area contributed by atoms with E-state index in [0.717, 1.165) is 18.4 Å². The van der Waals surface area contributed by atoms with Crippen LogP contribution in [0.4, 0.5) is 30.7 Å². The summed E-state index contributed by atoms with van der Waals surface area (Å²) in [4.78, 5) is 9.88. The van der Waals surface area contributed by atoms with Crippen LogP contribution in [0.15, 0.2) is 47.6 Å². The van der Waals surface area contributed by atoms with Gasteiger partial charge >= 0.3 is 12.4 Å². The number of hydrogen-bond donors (Lipinski definition) is 1. The molecule has 1 saturated carbocycles. The minimum Gasteiger partial charge on any atom is -0.316 e. The second kappa shape index (κ2) is 10.2. The molecule has 0 amide bonds. The third-order valence-electron chi connectivity index (χ3n) is 6.19. The van der Waals surface area contributed by atoms with Gasteiger partial charge in [-0.15, -0.1) is 0 Å². The molecule has 180 valence electrons. The van der Waals surface area contributed by atoms with Crippen LogP contribution in [0.5, 0.6) is 0 Å². The Kier molecular flexibility index (Phi) is 7.76. The van der Waals surface area contributed by atoms with Gasteiger partial charge in [-0.05, 0) is 85.1 Å². The molecule has 3 atom stereocenters. The summed E-state index contributed by atoms with van der Waals surface area (Å²) in [5.41, 5.74) is -2.00. The van der Waals surface area contributed by atoms with E-state index in [0.29, 0.717) is 18.1 Å². The van der Waals surface area contributed by atoms with Crippen molar-refractivity contribution in [2.24, 2.45) is 17.0 Å². The minimum atomic E-state index is -4.90. The maximum Gasteiger partial charge on any atom is 0.416 e. The van der Waals surface area contributed by atoms with Gasteiger partial charge in [0, 0.05) is 0 Å². The molecule has 0 aromatic heterocycles. The fourth-order valence-electron chi connectivity index (χ4n) is 4.66. The molecule has 2 aromatic rings. The maximum atomic E-state index is 12.9. The number of rotatable bonds is 3. The minimum absolute atomic E-state index is 0.00565. The molecule has 1 aliphatic carbocycles. The molecule has 2 aromatic carbocycles. The fourth-order valence-corrected chi connectivity index (χ4v) is 4.66. The van der Waals surface area contributed by atoms with Crippen LogP contribution >= 0.6 is 0 Å². The molecule has 0 bridgehead atoms. The predicted molar refractivity (Wildman–Crippen MR) is 109 cm³/mol. The highest BCUT2D eigenvalue weighted by molar-refractivity contribution is 5.33. The van der Waals surface area contributed by atoms with Gasteiger partial charge in [0.2, 0.25) is 0 Å². The van der Waals surface area contributed by atoms with E-state index in [1.54, 1.807) is 12.1 Å². The van der Waals surface area contributed by atoms with Crippen molar-refractivity contribution in [3.8, 4) is 0 Å². The Morgan fingerprint density at radius 3 is 2.03 bits per heavy atom. The second-order valence-corrected chi connectivity index (χ2v) is 8.37. The lowest BCUT2D eigenvalue weighted by molar-refractivity contribution is -0.143. The highest BCUT2D eigenvalue weighted by Gasteiger charge is 2.38. The normalized spacial score (nSPS) is 22.8. The summed E-state index contributed by atoms with van der Waals surface area (Å²) < 4.78 is 86.7.